The van der Waals surface area contributed by atoms with Crippen molar-refractivity contribution in [2.75, 3.05) is 20.0 Å². The molecule has 1 N–H and O–H groups in total. The average molecular weight is 442 g/mol. The molecule has 31 heavy (non-hydrogen) atoms. The highest BCUT2D eigenvalue weighted by Gasteiger charge is 2.18. The molecule has 0 aliphatic carbocycles. The minimum Gasteiger partial charge on any atom is -0.494 e. The first-order valence-electron chi connectivity index (χ1n) is 9.37. The minimum atomic E-state index is -3.71. The number of carbonyl (C=O) groups excluding carboxylic acids is 1. The molecule has 0 radical (unpaired) electrons. The normalized spacial score (nSPS) is 10.9. The maximum absolute atomic E-state index is 12.4. The van der Waals surface area contributed by atoms with Crippen molar-refractivity contribution in [1.29, 1.82) is 0 Å². The van der Waals surface area contributed by atoms with Crippen LogP contribution in [0.25, 0.3) is 11.1 Å². The highest BCUT2D eigenvalue weighted by Crippen LogP contribution is 2.38. The van der Waals surface area contributed by atoms with Gasteiger partial charge in [-0.3, -0.25) is 4.79 Å². The van der Waals surface area contributed by atoms with Gasteiger partial charge in [0.2, 0.25) is 15.9 Å². The number of amides is 1. The van der Waals surface area contributed by atoms with Crippen molar-refractivity contribution in [1.82, 2.24) is 9.71 Å². The van der Waals surface area contributed by atoms with Crippen molar-refractivity contribution in [2.24, 2.45) is 0 Å². The maximum Gasteiger partial charge on any atom is 0.264 e. The number of nitrogens with one attached hydrogen (secondary N) is 1. The van der Waals surface area contributed by atoms with E-state index < -0.39 is 15.9 Å². The van der Waals surface area contributed by atoms with Gasteiger partial charge in [-0.05, 0) is 61.5 Å². The summed E-state index contributed by atoms with van der Waals surface area (Å²) in [5, 5.41) is 0. The van der Waals surface area contributed by atoms with Crippen molar-refractivity contribution in [3.8, 4) is 34.3 Å². The second-order valence-electron chi connectivity index (χ2n) is 6.48. The van der Waals surface area contributed by atoms with Gasteiger partial charge in [-0.1, -0.05) is 0 Å². The molecule has 1 aromatic heterocycles. The van der Waals surface area contributed by atoms with Crippen molar-refractivity contribution in [2.45, 2.75) is 6.92 Å². The molecular formula is C22H22N2O6S. The first-order valence-corrected chi connectivity index (χ1v) is 11.3. The van der Waals surface area contributed by atoms with Crippen LogP contribution >= 0.6 is 0 Å². The zero-order valence-corrected chi connectivity index (χ0v) is 18.1. The minimum absolute atomic E-state index is 0.144. The molecule has 3 rings (SSSR count). The monoisotopic (exact) mass is 442 g/mol. The van der Waals surface area contributed by atoms with Gasteiger partial charge in [0.1, 0.15) is 17.2 Å². The molecule has 0 saturated carbocycles. The zero-order chi connectivity index (χ0) is 22.4. The molecule has 1 amide bonds. The number of ether oxygens (including phenoxy) is 3. The van der Waals surface area contributed by atoms with E-state index in [1.54, 1.807) is 48.7 Å². The number of sulfonamides is 1. The number of hydrogen-bond donors (Lipinski definition) is 1. The molecule has 0 bridgehead atoms. The van der Waals surface area contributed by atoms with Gasteiger partial charge in [0.15, 0.2) is 0 Å². The van der Waals surface area contributed by atoms with Crippen LogP contribution in [0.2, 0.25) is 0 Å². The summed E-state index contributed by atoms with van der Waals surface area (Å²) in [6.45, 7) is 2.46. The predicted molar refractivity (Wildman–Crippen MR) is 116 cm³/mol. The Morgan fingerprint density at radius 3 is 2.39 bits per heavy atom. The number of aromatic nitrogens is 1. The van der Waals surface area contributed by atoms with E-state index in [-0.39, 0.29) is 5.56 Å². The lowest BCUT2D eigenvalue weighted by molar-refractivity contribution is 0.0981. The van der Waals surface area contributed by atoms with Crippen LogP contribution < -0.4 is 18.9 Å². The molecule has 0 aliphatic rings. The standard InChI is InChI=1S/C22H22N2O6S/c1-4-29-16-8-10-17(11-9-16)30-20-12-7-15(21(25)24-31(3,26)27)14-19(20)18-6-5-13-23-22(18)28-2/h5-14H,4H2,1-3H3,(H,24,25). The van der Waals surface area contributed by atoms with E-state index in [9.17, 15) is 13.2 Å². The Morgan fingerprint density at radius 1 is 1.03 bits per heavy atom. The Morgan fingerprint density at radius 2 is 1.74 bits per heavy atom. The first-order chi connectivity index (χ1) is 14.8. The van der Waals surface area contributed by atoms with E-state index in [1.165, 1.54) is 19.2 Å². The van der Waals surface area contributed by atoms with Gasteiger partial charge >= 0.3 is 0 Å². The number of hydrogen-bond acceptors (Lipinski definition) is 7. The second-order valence-corrected chi connectivity index (χ2v) is 8.23. The Bertz CT molecular complexity index is 1180. The predicted octanol–water partition coefficient (Wildman–Crippen LogP) is 3.64. The van der Waals surface area contributed by atoms with Crippen molar-refractivity contribution >= 4 is 15.9 Å². The van der Waals surface area contributed by atoms with Gasteiger partial charge in [-0.2, -0.15) is 0 Å². The average Bonchev–Trinajstić information content (AvgIpc) is 2.74. The number of nitrogens with zero attached hydrogens (tertiary/aromatic N) is 1. The molecule has 0 fully saturated rings. The third-order valence-electron chi connectivity index (χ3n) is 4.14. The zero-order valence-electron chi connectivity index (χ0n) is 17.3. The molecule has 0 aliphatic heterocycles. The van der Waals surface area contributed by atoms with Gasteiger partial charge in [0.05, 0.1) is 20.0 Å². The van der Waals surface area contributed by atoms with Crippen LogP contribution in [-0.4, -0.2) is 39.3 Å². The Labute approximate surface area is 180 Å². The molecule has 162 valence electrons. The topological polar surface area (TPSA) is 104 Å². The lowest BCUT2D eigenvalue weighted by atomic mass is 10.0. The molecular weight excluding hydrogens is 420 g/mol. The highest BCUT2D eigenvalue weighted by molar-refractivity contribution is 7.89. The molecule has 9 heteroatoms. The Hall–Kier alpha value is -3.59. The fraction of sp³-hybridized carbons (Fsp3) is 0.182. The summed E-state index contributed by atoms with van der Waals surface area (Å²) in [4.78, 5) is 16.6. The highest BCUT2D eigenvalue weighted by atomic mass is 32.2. The Balaban J connectivity index is 2.04. The van der Waals surface area contributed by atoms with Gasteiger partial charge < -0.3 is 14.2 Å². The van der Waals surface area contributed by atoms with E-state index in [2.05, 4.69) is 4.98 Å². The third kappa shape index (κ3) is 5.73. The molecule has 1 heterocycles. The summed E-state index contributed by atoms with van der Waals surface area (Å²) in [5.41, 5.74) is 1.24. The van der Waals surface area contributed by atoms with Crippen LogP contribution in [0, 0.1) is 0 Å². The van der Waals surface area contributed by atoms with Crippen LogP contribution in [0.1, 0.15) is 17.3 Å². The summed E-state index contributed by atoms with van der Waals surface area (Å²) in [6.07, 6.45) is 2.49. The SMILES string of the molecule is CCOc1ccc(Oc2ccc(C(=O)NS(C)(=O)=O)cc2-c2cccnc2OC)cc1. The molecule has 0 spiro atoms. The summed E-state index contributed by atoms with van der Waals surface area (Å²) in [7, 11) is -2.22. The van der Waals surface area contributed by atoms with Crippen LogP contribution in [0.3, 0.4) is 0 Å². The second kappa shape index (κ2) is 9.48. The van der Waals surface area contributed by atoms with E-state index in [1.807, 2.05) is 11.6 Å². The van der Waals surface area contributed by atoms with Crippen LogP contribution in [0.4, 0.5) is 0 Å². The quantitative estimate of drug-likeness (QED) is 0.568. The summed E-state index contributed by atoms with van der Waals surface area (Å²) in [6, 6.07) is 15.2. The molecule has 0 unspecified atom stereocenters. The Kier molecular flexibility index (Phi) is 6.76. The summed E-state index contributed by atoms with van der Waals surface area (Å²) in [5.74, 6) is 1.29. The van der Waals surface area contributed by atoms with Crippen molar-refractivity contribution in [3.63, 3.8) is 0 Å². The first kappa shape index (κ1) is 22.1. The van der Waals surface area contributed by atoms with E-state index in [4.69, 9.17) is 14.2 Å². The van der Waals surface area contributed by atoms with E-state index in [0.717, 1.165) is 12.0 Å². The molecule has 0 atom stereocenters. The largest absolute Gasteiger partial charge is 0.494 e. The number of carbonyl (C=O) groups is 1. The maximum atomic E-state index is 12.4. The third-order valence-corrected chi connectivity index (χ3v) is 4.69. The lowest BCUT2D eigenvalue weighted by Crippen LogP contribution is -2.29. The van der Waals surface area contributed by atoms with E-state index in [0.29, 0.717) is 35.1 Å². The number of methoxy groups -OCH3 is 1. The number of pyridine rings is 1. The van der Waals surface area contributed by atoms with Crippen molar-refractivity contribution in [3.05, 3.63) is 66.4 Å². The molecule has 8 nitrogen and oxygen atoms in total. The van der Waals surface area contributed by atoms with Crippen LogP contribution in [0.15, 0.2) is 60.8 Å². The van der Waals surface area contributed by atoms with Gasteiger partial charge in [-0.15, -0.1) is 0 Å². The fourth-order valence-electron chi connectivity index (χ4n) is 2.85. The van der Waals surface area contributed by atoms with Crippen LogP contribution in [0.5, 0.6) is 23.1 Å². The van der Waals surface area contributed by atoms with E-state index >= 15 is 0 Å². The van der Waals surface area contributed by atoms with Crippen molar-refractivity contribution < 1.29 is 27.4 Å². The van der Waals surface area contributed by atoms with Gasteiger partial charge in [0, 0.05) is 22.9 Å². The fourth-order valence-corrected chi connectivity index (χ4v) is 3.31. The lowest BCUT2D eigenvalue weighted by Gasteiger charge is -2.15. The number of rotatable bonds is 8. The van der Waals surface area contributed by atoms with Gasteiger partial charge in [0.25, 0.3) is 5.91 Å². The van der Waals surface area contributed by atoms with Gasteiger partial charge in [-0.25, -0.2) is 18.1 Å². The number of benzene rings is 2. The molecule has 0 saturated heterocycles. The summed E-state index contributed by atoms with van der Waals surface area (Å²) >= 11 is 0. The smallest absolute Gasteiger partial charge is 0.264 e. The molecule has 3 aromatic rings. The molecule has 2 aromatic carbocycles. The van der Waals surface area contributed by atoms with Crippen LogP contribution in [-0.2, 0) is 10.0 Å². The summed E-state index contributed by atoms with van der Waals surface area (Å²) < 4.78 is 41.7.